The zero-order valence-electron chi connectivity index (χ0n) is 8.39. The first kappa shape index (κ1) is 11.6. The maximum absolute atomic E-state index is 5.13. The summed E-state index contributed by atoms with van der Waals surface area (Å²) in [6.07, 6.45) is 0.662. The van der Waals surface area contributed by atoms with Gasteiger partial charge in [-0.2, -0.15) is 0 Å². The van der Waals surface area contributed by atoms with Crippen molar-refractivity contribution in [3.05, 3.63) is 12.2 Å². The molecular weight excluding hydrogens is 154 g/mol. The Morgan fingerprint density at radius 3 is 2.17 bits per heavy atom. The summed E-state index contributed by atoms with van der Waals surface area (Å²) in [4.78, 5) is 0. The molecule has 0 aromatic rings. The second-order valence-corrected chi connectivity index (χ2v) is 2.90. The number of rotatable bonds is 6. The van der Waals surface area contributed by atoms with Gasteiger partial charge in [0, 0.05) is 14.2 Å². The smallest absolute Gasteiger partial charge is 0.172 e. The summed E-state index contributed by atoms with van der Waals surface area (Å²) in [7, 11) is 5.16. The molecule has 0 aliphatic rings. The van der Waals surface area contributed by atoms with Gasteiger partial charge in [-0.1, -0.05) is 5.57 Å². The Kier molecular flexibility index (Phi) is 5.98. The van der Waals surface area contributed by atoms with Crippen molar-refractivity contribution >= 4 is 0 Å². The molecule has 0 saturated heterocycles. The summed E-state index contributed by atoms with van der Waals surface area (Å²) >= 11 is 0. The first-order chi connectivity index (χ1) is 5.65. The largest absolute Gasteiger partial charge is 0.354 e. The van der Waals surface area contributed by atoms with E-state index in [1.54, 1.807) is 14.2 Å². The van der Waals surface area contributed by atoms with Crippen molar-refractivity contribution in [1.29, 1.82) is 0 Å². The van der Waals surface area contributed by atoms with Crippen LogP contribution in [-0.2, 0) is 9.47 Å². The normalized spacial score (nSPS) is 13.4. The molecule has 0 saturated carbocycles. The van der Waals surface area contributed by atoms with Crippen molar-refractivity contribution in [3.63, 3.8) is 0 Å². The summed E-state index contributed by atoms with van der Waals surface area (Å²) in [5.41, 5.74) is 1.12. The van der Waals surface area contributed by atoms with Gasteiger partial charge in [-0.15, -0.1) is 6.58 Å². The van der Waals surface area contributed by atoms with Crippen LogP contribution in [0.3, 0.4) is 0 Å². The second-order valence-electron chi connectivity index (χ2n) is 2.90. The van der Waals surface area contributed by atoms with Crippen LogP contribution in [0.1, 0.15) is 13.3 Å². The zero-order chi connectivity index (χ0) is 9.56. The second kappa shape index (κ2) is 6.17. The minimum atomic E-state index is -0.202. The summed E-state index contributed by atoms with van der Waals surface area (Å²) in [6.45, 7) is 5.84. The highest BCUT2D eigenvalue weighted by Gasteiger charge is 2.18. The summed E-state index contributed by atoms with van der Waals surface area (Å²) < 4.78 is 10.3. The Labute approximate surface area is 74.7 Å². The fraction of sp³-hybridized carbons (Fsp3) is 0.778. The molecule has 0 fully saturated rings. The van der Waals surface area contributed by atoms with Crippen LogP contribution in [0.4, 0.5) is 0 Å². The van der Waals surface area contributed by atoms with Crippen LogP contribution in [0.15, 0.2) is 12.2 Å². The van der Waals surface area contributed by atoms with E-state index in [-0.39, 0.29) is 12.3 Å². The van der Waals surface area contributed by atoms with Crippen LogP contribution < -0.4 is 5.32 Å². The van der Waals surface area contributed by atoms with Crippen LogP contribution in [0.2, 0.25) is 0 Å². The number of hydrogen-bond donors (Lipinski definition) is 1. The van der Waals surface area contributed by atoms with Gasteiger partial charge in [0.1, 0.15) is 0 Å². The van der Waals surface area contributed by atoms with Gasteiger partial charge in [0.15, 0.2) is 6.29 Å². The van der Waals surface area contributed by atoms with Crippen LogP contribution in [0.25, 0.3) is 0 Å². The molecule has 72 valence electrons. The standard InChI is InChI=1S/C9H19NO2/c1-7(2)6-8(10-3)9(11-4)12-5/h8-10H,1,6H2,2-5H3. The molecule has 1 atom stereocenters. The predicted octanol–water partition coefficient (Wildman–Crippen LogP) is 1.16. The van der Waals surface area contributed by atoms with E-state index >= 15 is 0 Å². The highest BCUT2D eigenvalue weighted by atomic mass is 16.7. The predicted molar refractivity (Wildman–Crippen MR) is 50.1 cm³/mol. The highest BCUT2D eigenvalue weighted by Crippen LogP contribution is 2.08. The number of ether oxygens (including phenoxy) is 2. The molecule has 0 bridgehead atoms. The van der Waals surface area contributed by atoms with Gasteiger partial charge in [0.25, 0.3) is 0 Å². The van der Waals surface area contributed by atoms with E-state index in [1.165, 1.54) is 0 Å². The van der Waals surface area contributed by atoms with Gasteiger partial charge in [-0.25, -0.2) is 0 Å². The molecule has 1 N–H and O–H groups in total. The molecule has 0 amide bonds. The molecule has 0 aromatic carbocycles. The first-order valence-electron chi connectivity index (χ1n) is 4.03. The Morgan fingerprint density at radius 1 is 1.42 bits per heavy atom. The van der Waals surface area contributed by atoms with Gasteiger partial charge in [-0.3, -0.25) is 0 Å². The Bertz CT molecular complexity index is 132. The molecule has 0 aromatic heterocycles. The van der Waals surface area contributed by atoms with Crippen LogP contribution in [0.5, 0.6) is 0 Å². The quantitative estimate of drug-likeness (QED) is 0.483. The van der Waals surface area contributed by atoms with E-state index in [0.29, 0.717) is 0 Å². The lowest BCUT2D eigenvalue weighted by atomic mass is 10.1. The van der Waals surface area contributed by atoms with Crippen molar-refractivity contribution in [1.82, 2.24) is 5.32 Å². The number of likely N-dealkylation sites (N-methyl/N-ethyl adjacent to an activating group) is 1. The highest BCUT2D eigenvalue weighted by molar-refractivity contribution is 4.93. The summed E-state index contributed by atoms with van der Waals surface area (Å²) in [6, 6.07) is 0.178. The lowest BCUT2D eigenvalue weighted by Gasteiger charge is -2.24. The third-order valence-corrected chi connectivity index (χ3v) is 1.73. The molecule has 3 nitrogen and oxygen atoms in total. The molecule has 0 radical (unpaired) electrons. The Morgan fingerprint density at radius 2 is 1.92 bits per heavy atom. The van der Waals surface area contributed by atoms with Crippen LogP contribution in [-0.4, -0.2) is 33.6 Å². The zero-order valence-corrected chi connectivity index (χ0v) is 8.39. The third-order valence-electron chi connectivity index (χ3n) is 1.73. The molecule has 3 heteroatoms. The van der Waals surface area contributed by atoms with E-state index < -0.39 is 0 Å². The fourth-order valence-electron chi connectivity index (χ4n) is 1.13. The third kappa shape index (κ3) is 3.85. The molecule has 0 aliphatic carbocycles. The average molecular weight is 173 g/mol. The monoisotopic (exact) mass is 173 g/mol. The molecule has 12 heavy (non-hydrogen) atoms. The van der Waals surface area contributed by atoms with Crippen molar-refractivity contribution in [2.75, 3.05) is 21.3 Å². The fourth-order valence-corrected chi connectivity index (χ4v) is 1.13. The minimum Gasteiger partial charge on any atom is -0.354 e. The maximum Gasteiger partial charge on any atom is 0.172 e. The van der Waals surface area contributed by atoms with Crippen molar-refractivity contribution < 1.29 is 9.47 Å². The molecule has 1 unspecified atom stereocenters. The van der Waals surface area contributed by atoms with Crippen LogP contribution in [0, 0.1) is 0 Å². The summed E-state index contributed by atoms with van der Waals surface area (Å²) in [5.74, 6) is 0. The van der Waals surface area contributed by atoms with Gasteiger partial charge in [0.05, 0.1) is 6.04 Å². The SMILES string of the molecule is C=C(C)CC(NC)C(OC)OC. The molecule has 0 aliphatic heterocycles. The first-order valence-corrected chi connectivity index (χ1v) is 4.03. The number of methoxy groups -OCH3 is 2. The van der Waals surface area contributed by atoms with E-state index in [4.69, 9.17) is 9.47 Å². The van der Waals surface area contributed by atoms with Crippen molar-refractivity contribution in [3.8, 4) is 0 Å². The van der Waals surface area contributed by atoms with E-state index in [9.17, 15) is 0 Å². The maximum atomic E-state index is 5.13. The van der Waals surface area contributed by atoms with E-state index in [0.717, 1.165) is 12.0 Å². The minimum absolute atomic E-state index is 0.178. The van der Waals surface area contributed by atoms with Gasteiger partial charge >= 0.3 is 0 Å². The number of nitrogens with one attached hydrogen (secondary N) is 1. The van der Waals surface area contributed by atoms with Crippen molar-refractivity contribution in [2.24, 2.45) is 0 Å². The number of hydrogen-bond acceptors (Lipinski definition) is 3. The lowest BCUT2D eigenvalue weighted by Crippen LogP contribution is -2.40. The van der Waals surface area contributed by atoms with Crippen LogP contribution >= 0.6 is 0 Å². The van der Waals surface area contributed by atoms with E-state index in [1.807, 2.05) is 14.0 Å². The van der Waals surface area contributed by atoms with Gasteiger partial charge in [-0.05, 0) is 20.4 Å². The topological polar surface area (TPSA) is 30.5 Å². The van der Waals surface area contributed by atoms with E-state index in [2.05, 4.69) is 11.9 Å². The molecule has 0 spiro atoms. The van der Waals surface area contributed by atoms with Crippen molar-refractivity contribution in [2.45, 2.75) is 25.7 Å². The van der Waals surface area contributed by atoms with Gasteiger partial charge < -0.3 is 14.8 Å². The van der Waals surface area contributed by atoms with Gasteiger partial charge in [0.2, 0.25) is 0 Å². The Balaban J connectivity index is 4.01. The lowest BCUT2D eigenvalue weighted by molar-refractivity contribution is -0.121. The molecule has 0 rings (SSSR count). The average Bonchev–Trinajstić information content (AvgIpc) is 2.04. The molecule has 0 heterocycles. The molecular formula is C9H19NO2. The summed E-state index contributed by atoms with van der Waals surface area (Å²) in [5, 5.41) is 3.12. The Hall–Kier alpha value is -0.380.